The molecule has 0 atom stereocenters. The number of carbonyl (C=O) groups is 2. The molecular formula is C19H22N4O5. The summed E-state index contributed by atoms with van der Waals surface area (Å²) in [6.07, 6.45) is 6.62. The molecule has 1 amide bonds. The van der Waals surface area contributed by atoms with Crippen molar-refractivity contribution >= 4 is 11.9 Å². The number of nitrogens with one attached hydrogen (secondary N) is 1. The lowest BCUT2D eigenvalue weighted by Crippen LogP contribution is -2.43. The van der Waals surface area contributed by atoms with E-state index in [1.54, 1.807) is 0 Å². The molecule has 0 saturated heterocycles. The highest BCUT2D eigenvalue weighted by molar-refractivity contribution is 5.84. The summed E-state index contributed by atoms with van der Waals surface area (Å²) in [5.74, 6) is 0.0971. The minimum atomic E-state index is -1.17. The number of aromatic nitrogens is 3. The predicted molar refractivity (Wildman–Crippen MR) is 97.3 cm³/mol. The third-order valence-corrected chi connectivity index (χ3v) is 5.48. The maximum absolute atomic E-state index is 12.4. The van der Waals surface area contributed by atoms with E-state index in [9.17, 15) is 9.59 Å². The molecule has 9 heteroatoms. The number of carboxylic acid groups (broad SMARTS) is 1. The van der Waals surface area contributed by atoms with Crippen LogP contribution in [0.5, 0.6) is 11.5 Å². The Morgan fingerprint density at radius 2 is 1.96 bits per heavy atom. The molecule has 2 aromatic rings. The summed E-state index contributed by atoms with van der Waals surface area (Å²) in [5, 5.41) is 19.1. The summed E-state index contributed by atoms with van der Waals surface area (Å²) < 4.78 is 12.2. The second kappa shape index (κ2) is 7.49. The fourth-order valence-corrected chi connectivity index (χ4v) is 3.97. The standard InChI is InChI=1S/C19H22N4O5/c24-17(10-23-9-14(18(25)26)21-22-23)20-11-19(6-2-1-3-7-19)13-4-5-15-16(8-13)28-12-27-15/h4-5,8-9H,1-3,6-7,10-12H2,(H,20,24)(H,25,26). The Kier molecular flexibility index (Phi) is 4.89. The summed E-state index contributed by atoms with van der Waals surface area (Å²) >= 11 is 0. The van der Waals surface area contributed by atoms with Crippen molar-refractivity contribution in [2.24, 2.45) is 0 Å². The van der Waals surface area contributed by atoms with Gasteiger partial charge in [0.05, 0.1) is 6.20 Å². The summed E-state index contributed by atoms with van der Waals surface area (Å²) in [5.41, 5.74) is 0.811. The highest BCUT2D eigenvalue weighted by atomic mass is 16.7. The zero-order valence-electron chi connectivity index (χ0n) is 15.4. The van der Waals surface area contributed by atoms with E-state index in [2.05, 4.69) is 21.7 Å². The van der Waals surface area contributed by atoms with Gasteiger partial charge < -0.3 is 19.9 Å². The Morgan fingerprint density at radius 3 is 2.71 bits per heavy atom. The van der Waals surface area contributed by atoms with Gasteiger partial charge >= 0.3 is 5.97 Å². The average Bonchev–Trinajstić information content (AvgIpc) is 3.36. The number of aromatic carboxylic acids is 1. The molecule has 9 nitrogen and oxygen atoms in total. The van der Waals surface area contributed by atoms with Crippen molar-refractivity contribution in [2.45, 2.75) is 44.1 Å². The Hall–Kier alpha value is -3.10. The number of ether oxygens (including phenoxy) is 2. The first-order valence-corrected chi connectivity index (χ1v) is 9.36. The van der Waals surface area contributed by atoms with Crippen molar-refractivity contribution in [2.75, 3.05) is 13.3 Å². The zero-order valence-corrected chi connectivity index (χ0v) is 15.4. The van der Waals surface area contributed by atoms with Crippen molar-refractivity contribution in [3.8, 4) is 11.5 Å². The molecule has 1 aromatic carbocycles. The van der Waals surface area contributed by atoms with Crippen molar-refractivity contribution in [1.29, 1.82) is 0 Å². The van der Waals surface area contributed by atoms with Gasteiger partial charge in [0, 0.05) is 12.0 Å². The van der Waals surface area contributed by atoms with E-state index in [1.165, 1.54) is 17.3 Å². The second-order valence-corrected chi connectivity index (χ2v) is 7.29. The van der Waals surface area contributed by atoms with Crippen LogP contribution in [0.3, 0.4) is 0 Å². The van der Waals surface area contributed by atoms with Crippen molar-refractivity contribution in [3.63, 3.8) is 0 Å². The lowest BCUT2D eigenvalue weighted by Gasteiger charge is -2.38. The Labute approximate surface area is 161 Å². The van der Waals surface area contributed by atoms with Gasteiger partial charge in [0.1, 0.15) is 6.54 Å². The first-order valence-electron chi connectivity index (χ1n) is 9.36. The van der Waals surface area contributed by atoms with Gasteiger partial charge in [0.25, 0.3) is 0 Å². The topological polar surface area (TPSA) is 116 Å². The van der Waals surface area contributed by atoms with Crippen LogP contribution in [-0.2, 0) is 16.8 Å². The second-order valence-electron chi connectivity index (χ2n) is 7.29. The number of hydrogen-bond acceptors (Lipinski definition) is 6. The van der Waals surface area contributed by atoms with Gasteiger partial charge in [-0.15, -0.1) is 5.10 Å². The molecule has 28 heavy (non-hydrogen) atoms. The number of fused-ring (bicyclic) bond motifs is 1. The number of carboxylic acids is 1. The van der Waals surface area contributed by atoms with Crippen LogP contribution in [0.4, 0.5) is 0 Å². The predicted octanol–water partition coefficient (Wildman–Crippen LogP) is 1.72. The molecule has 2 aliphatic rings. The van der Waals surface area contributed by atoms with Crippen LogP contribution in [0.1, 0.15) is 48.2 Å². The van der Waals surface area contributed by atoms with E-state index in [-0.39, 0.29) is 30.4 Å². The van der Waals surface area contributed by atoms with Gasteiger partial charge in [-0.3, -0.25) is 4.79 Å². The normalized spacial score (nSPS) is 17.3. The van der Waals surface area contributed by atoms with E-state index in [4.69, 9.17) is 14.6 Å². The quantitative estimate of drug-likeness (QED) is 0.777. The van der Waals surface area contributed by atoms with E-state index >= 15 is 0 Å². The lowest BCUT2D eigenvalue weighted by molar-refractivity contribution is -0.122. The van der Waals surface area contributed by atoms with Gasteiger partial charge in [-0.2, -0.15) is 0 Å². The number of hydrogen-bond donors (Lipinski definition) is 2. The molecule has 0 unspecified atom stereocenters. The van der Waals surface area contributed by atoms with Crippen LogP contribution in [0.15, 0.2) is 24.4 Å². The average molecular weight is 386 g/mol. The van der Waals surface area contributed by atoms with Crippen LogP contribution in [0.2, 0.25) is 0 Å². The van der Waals surface area contributed by atoms with Gasteiger partial charge in [0.15, 0.2) is 17.2 Å². The first kappa shape index (κ1) is 18.3. The Balaban J connectivity index is 1.46. The smallest absolute Gasteiger partial charge is 0.358 e. The Bertz CT molecular complexity index is 888. The van der Waals surface area contributed by atoms with Crippen LogP contribution < -0.4 is 14.8 Å². The first-order chi connectivity index (χ1) is 13.6. The SMILES string of the molecule is O=C(Cn1cc(C(=O)O)nn1)NCC1(c2ccc3c(c2)OCO3)CCCCC1. The number of carbonyl (C=O) groups excluding carboxylic acids is 1. The number of nitrogens with zero attached hydrogens (tertiary/aromatic N) is 3. The number of rotatable bonds is 6. The monoisotopic (exact) mass is 386 g/mol. The van der Waals surface area contributed by atoms with Crippen LogP contribution >= 0.6 is 0 Å². The fraction of sp³-hybridized carbons (Fsp3) is 0.474. The molecule has 2 N–H and O–H groups in total. The molecule has 1 fully saturated rings. The lowest BCUT2D eigenvalue weighted by atomic mass is 9.69. The van der Waals surface area contributed by atoms with Crippen molar-refractivity contribution in [1.82, 2.24) is 20.3 Å². The van der Waals surface area contributed by atoms with Crippen LogP contribution in [0.25, 0.3) is 0 Å². The van der Waals surface area contributed by atoms with Crippen molar-refractivity contribution < 1.29 is 24.2 Å². The largest absolute Gasteiger partial charge is 0.476 e. The molecule has 1 aromatic heterocycles. The highest BCUT2D eigenvalue weighted by Crippen LogP contribution is 2.43. The van der Waals surface area contributed by atoms with Gasteiger partial charge in [-0.05, 0) is 30.5 Å². The molecule has 2 heterocycles. The third kappa shape index (κ3) is 3.64. The molecule has 1 aliphatic carbocycles. The van der Waals surface area contributed by atoms with Gasteiger partial charge in [-0.1, -0.05) is 30.5 Å². The summed E-state index contributed by atoms with van der Waals surface area (Å²) in [4.78, 5) is 23.3. The van der Waals surface area contributed by atoms with E-state index < -0.39 is 5.97 Å². The number of amides is 1. The minimum absolute atomic E-state index is 0.0719. The fourth-order valence-electron chi connectivity index (χ4n) is 3.97. The summed E-state index contributed by atoms with van der Waals surface area (Å²) in [6.45, 7) is 0.669. The summed E-state index contributed by atoms with van der Waals surface area (Å²) in [7, 11) is 0. The molecule has 148 valence electrons. The van der Waals surface area contributed by atoms with Crippen LogP contribution in [0, 0.1) is 0 Å². The molecule has 0 radical (unpaired) electrons. The van der Waals surface area contributed by atoms with Gasteiger partial charge in [0.2, 0.25) is 12.7 Å². The maximum Gasteiger partial charge on any atom is 0.358 e. The molecule has 0 bridgehead atoms. The molecule has 4 rings (SSSR count). The minimum Gasteiger partial charge on any atom is -0.476 e. The Morgan fingerprint density at radius 1 is 1.18 bits per heavy atom. The molecule has 1 saturated carbocycles. The molecule has 1 aliphatic heterocycles. The highest BCUT2D eigenvalue weighted by Gasteiger charge is 2.35. The third-order valence-electron chi connectivity index (χ3n) is 5.48. The van der Waals surface area contributed by atoms with E-state index in [0.717, 1.165) is 42.7 Å². The van der Waals surface area contributed by atoms with Gasteiger partial charge in [-0.25, -0.2) is 9.48 Å². The number of benzene rings is 1. The molecule has 0 spiro atoms. The van der Waals surface area contributed by atoms with Crippen molar-refractivity contribution in [3.05, 3.63) is 35.7 Å². The molecular weight excluding hydrogens is 364 g/mol. The van der Waals surface area contributed by atoms with E-state index in [1.807, 2.05) is 12.1 Å². The zero-order chi connectivity index (χ0) is 19.6. The maximum atomic E-state index is 12.4. The van der Waals surface area contributed by atoms with E-state index in [0.29, 0.717) is 6.54 Å². The summed E-state index contributed by atoms with van der Waals surface area (Å²) in [6, 6.07) is 6.01. The van der Waals surface area contributed by atoms with Crippen LogP contribution in [-0.4, -0.2) is 45.3 Å².